The molecule has 3 nitrogen and oxygen atoms in total. The molecule has 1 aliphatic heterocycles. The van der Waals surface area contributed by atoms with Gasteiger partial charge in [-0.1, -0.05) is 0 Å². The molecule has 0 amide bonds. The monoisotopic (exact) mass is 198 g/mol. The van der Waals surface area contributed by atoms with E-state index in [0.717, 1.165) is 27.9 Å². The molecule has 0 radical (unpaired) electrons. The van der Waals surface area contributed by atoms with Crippen molar-refractivity contribution in [3.8, 4) is 5.75 Å². The normalized spacial score (nSPS) is 13.8. The first-order chi connectivity index (χ1) is 7.34. The number of hydrogen-bond donors (Lipinski definition) is 1. The van der Waals surface area contributed by atoms with E-state index >= 15 is 0 Å². The van der Waals surface area contributed by atoms with Crippen LogP contribution in [0.1, 0.15) is 12.5 Å². The van der Waals surface area contributed by atoms with Crippen molar-refractivity contribution in [2.24, 2.45) is 0 Å². The minimum atomic E-state index is 0.853. The van der Waals surface area contributed by atoms with E-state index in [4.69, 9.17) is 4.84 Å². The van der Waals surface area contributed by atoms with Crippen LogP contribution in [0.25, 0.3) is 17.0 Å². The van der Waals surface area contributed by atoms with E-state index in [1.165, 1.54) is 0 Å². The van der Waals surface area contributed by atoms with Crippen LogP contribution in [0.3, 0.4) is 0 Å². The van der Waals surface area contributed by atoms with E-state index in [1.807, 2.05) is 31.2 Å². The number of nitrogens with zero attached hydrogens (tertiary/aromatic N) is 1. The third-order valence-electron chi connectivity index (χ3n) is 2.45. The smallest absolute Gasteiger partial charge is 0.171 e. The quantitative estimate of drug-likeness (QED) is 0.706. The molecule has 3 rings (SSSR count). The first-order valence-electron chi connectivity index (χ1n) is 4.83. The molecule has 1 N–H and O–H groups in total. The van der Waals surface area contributed by atoms with Crippen LogP contribution < -0.4 is 10.3 Å². The largest absolute Gasteiger partial charge is 0.381 e. The molecular formula is C12H10N2O. The Kier molecular flexibility index (Phi) is 1.65. The maximum Gasteiger partial charge on any atom is 0.171 e. The number of pyridine rings is 1. The van der Waals surface area contributed by atoms with Gasteiger partial charge in [-0.05, 0) is 37.3 Å². The highest BCUT2D eigenvalue weighted by atomic mass is 16.6. The Morgan fingerprint density at radius 1 is 1.27 bits per heavy atom. The van der Waals surface area contributed by atoms with Gasteiger partial charge in [0.1, 0.15) is 0 Å². The molecule has 74 valence electrons. The van der Waals surface area contributed by atoms with Gasteiger partial charge in [-0.3, -0.25) is 4.98 Å². The molecule has 0 aliphatic carbocycles. The van der Waals surface area contributed by atoms with Crippen LogP contribution in [-0.4, -0.2) is 4.98 Å². The van der Waals surface area contributed by atoms with Gasteiger partial charge in [-0.25, -0.2) is 5.48 Å². The minimum absolute atomic E-state index is 0.853. The van der Waals surface area contributed by atoms with E-state index in [1.54, 1.807) is 6.20 Å². The van der Waals surface area contributed by atoms with Crippen LogP contribution in [0.15, 0.2) is 36.2 Å². The highest BCUT2D eigenvalue weighted by Gasteiger charge is 2.12. The summed E-state index contributed by atoms with van der Waals surface area (Å²) in [4.78, 5) is 9.77. The summed E-state index contributed by atoms with van der Waals surface area (Å²) in [5.74, 6) is 0.853. The van der Waals surface area contributed by atoms with E-state index in [0.29, 0.717) is 0 Å². The van der Waals surface area contributed by atoms with E-state index in [9.17, 15) is 0 Å². The average molecular weight is 198 g/mol. The van der Waals surface area contributed by atoms with Crippen molar-refractivity contribution < 1.29 is 4.84 Å². The Labute approximate surface area is 87.3 Å². The second kappa shape index (κ2) is 2.98. The molecule has 1 aromatic heterocycles. The number of fused-ring (bicyclic) bond motifs is 3. The van der Waals surface area contributed by atoms with Crippen LogP contribution in [0.4, 0.5) is 0 Å². The molecule has 0 spiro atoms. The first kappa shape index (κ1) is 8.29. The van der Waals surface area contributed by atoms with Gasteiger partial charge in [-0.15, -0.1) is 0 Å². The minimum Gasteiger partial charge on any atom is -0.381 e. The van der Waals surface area contributed by atoms with E-state index in [-0.39, 0.29) is 0 Å². The lowest BCUT2D eigenvalue weighted by Gasteiger charge is -2.17. The molecule has 1 aliphatic rings. The number of allylic oxidation sites excluding steroid dienone is 1. The Morgan fingerprint density at radius 3 is 3.13 bits per heavy atom. The van der Waals surface area contributed by atoms with Gasteiger partial charge in [0.2, 0.25) is 0 Å². The lowest BCUT2D eigenvalue weighted by atomic mass is 10.1. The predicted octanol–water partition coefficient (Wildman–Crippen LogP) is 2.49. The third kappa shape index (κ3) is 1.24. The summed E-state index contributed by atoms with van der Waals surface area (Å²) in [6.07, 6.45) is 3.84. The molecule has 1 aromatic carbocycles. The van der Waals surface area contributed by atoms with Gasteiger partial charge < -0.3 is 4.84 Å². The molecule has 0 atom stereocenters. The number of hydrogen-bond acceptors (Lipinski definition) is 3. The van der Waals surface area contributed by atoms with Gasteiger partial charge in [0.05, 0.1) is 5.52 Å². The average Bonchev–Trinajstić information content (AvgIpc) is 2.28. The molecule has 0 fully saturated rings. The summed E-state index contributed by atoms with van der Waals surface area (Å²) in [5.41, 5.74) is 5.91. The first-order valence-corrected chi connectivity index (χ1v) is 4.83. The second-order valence-corrected chi connectivity index (χ2v) is 3.59. The fourth-order valence-electron chi connectivity index (χ4n) is 1.76. The van der Waals surface area contributed by atoms with Crippen molar-refractivity contribution >= 4 is 17.0 Å². The van der Waals surface area contributed by atoms with Crippen molar-refractivity contribution in [3.63, 3.8) is 0 Å². The maximum absolute atomic E-state index is 5.49. The Morgan fingerprint density at radius 2 is 2.20 bits per heavy atom. The summed E-state index contributed by atoms with van der Waals surface area (Å²) >= 11 is 0. The van der Waals surface area contributed by atoms with Crippen molar-refractivity contribution in [3.05, 3.63) is 41.7 Å². The maximum atomic E-state index is 5.49. The number of aromatic nitrogens is 1. The van der Waals surface area contributed by atoms with Gasteiger partial charge in [0.25, 0.3) is 0 Å². The van der Waals surface area contributed by atoms with E-state index in [2.05, 4.69) is 16.5 Å². The summed E-state index contributed by atoms with van der Waals surface area (Å²) in [6, 6.07) is 7.95. The molecular weight excluding hydrogens is 188 g/mol. The fraction of sp³-hybridized carbons (Fsp3) is 0.0833. The van der Waals surface area contributed by atoms with Crippen molar-refractivity contribution in [1.29, 1.82) is 0 Å². The lowest BCUT2D eigenvalue weighted by molar-refractivity contribution is 0.229. The SMILES string of the molecule is CC1=Cc2ccc3ncccc3c2ON1. The number of nitrogens with one attached hydrogen (secondary N) is 1. The molecule has 0 unspecified atom stereocenters. The Balaban J connectivity index is 2.35. The molecule has 2 aromatic rings. The van der Waals surface area contributed by atoms with Crippen LogP contribution in [-0.2, 0) is 0 Å². The zero-order valence-electron chi connectivity index (χ0n) is 8.32. The van der Waals surface area contributed by atoms with Crippen LogP contribution in [0, 0.1) is 0 Å². The van der Waals surface area contributed by atoms with Gasteiger partial charge >= 0.3 is 0 Å². The second-order valence-electron chi connectivity index (χ2n) is 3.59. The van der Waals surface area contributed by atoms with Crippen molar-refractivity contribution in [2.75, 3.05) is 0 Å². The molecule has 0 saturated carbocycles. The van der Waals surface area contributed by atoms with Gasteiger partial charge in [-0.2, -0.15) is 0 Å². The summed E-state index contributed by atoms with van der Waals surface area (Å²) in [7, 11) is 0. The zero-order chi connectivity index (χ0) is 10.3. The summed E-state index contributed by atoms with van der Waals surface area (Å²) < 4.78 is 0. The van der Waals surface area contributed by atoms with E-state index < -0.39 is 0 Å². The molecule has 3 heteroatoms. The predicted molar refractivity (Wildman–Crippen MR) is 59.2 cm³/mol. The zero-order valence-corrected chi connectivity index (χ0v) is 8.32. The number of benzene rings is 1. The van der Waals surface area contributed by atoms with Crippen molar-refractivity contribution in [2.45, 2.75) is 6.92 Å². The number of hydroxylamine groups is 1. The highest BCUT2D eigenvalue weighted by molar-refractivity contribution is 5.89. The molecule has 15 heavy (non-hydrogen) atoms. The van der Waals surface area contributed by atoms with Crippen LogP contribution >= 0.6 is 0 Å². The standard InChI is InChI=1S/C12H10N2O/c1-8-7-9-4-5-11-10(3-2-6-13-11)12(9)15-14-8/h2-7,14H,1H3. The third-order valence-corrected chi connectivity index (χ3v) is 2.45. The van der Waals surface area contributed by atoms with Gasteiger partial charge in [0, 0.05) is 22.8 Å². The van der Waals surface area contributed by atoms with Crippen molar-refractivity contribution in [1.82, 2.24) is 10.5 Å². The fourth-order valence-corrected chi connectivity index (χ4v) is 1.76. The van der Waals surface area contributed by atoms with Gasteiger partial charge in [0.15, 0.2) is 5.75 Å². The topological polar surface area (TPSA) is 34.1 Å². The number of rotatable bonds is 0. The molecule has 2 heterocycles. The summed E-state index contributed by atoms with van der Waals surface area (Å²) in [6.45, 7) is 1.97. The Bertz CT molecular complexity index is 561. The lowest BCUT2D eigenvalue weighted by Crippen LogP contribution is -2.19. The highest BCUT2D eigenvalue weighted by Crippen LogP contribution is 2.31. The summed E-state index contributed by atoms with van der Waals surface area (Å²) in [5, 5.41) is 1.03. The molecule has 0 bridgehead atoms. The molecule has 0 saturated heterocycles. The van der Waals surface area contributed by atoms with Crippen LogP contribution in [0.2, 0.25) is 0 Å². The Hall–Kier alpha value is -2.03. The van der Waals surface area contributed by atoms with Crippen LogP contribution in [0.5, 0.6) is 5.75 Å².